The molecule has 3 atom stereocenters. The molecule has 0 aliphatic carbocycles. The van der Waals surface area contributed by atoms with Crippen LogP contribution in [-0.4, -0.2) is 34.7 Å². The van der Waals surface area contributed by atoms with Gasteiger partial charge in [-0.25, -0.2) is 0 Å². The maximum absolute atomic E-state index is 9.72. The van der Waals surface area contributed by atoms with Gasteiger partial charge in [-0.15, -0.1) is 0 Å². The number of fused-ring (bicyclic) bond motifs is 2. The Bertz CT molecular complexity index is 193. The van der Waals surface area contributed by atoms with Gasteiger partial charge in [0.15, 0.2) is 0 Å². The lowest BCUT2D eigenvalue weighted by Gasteiger charge is -2.38. The van der Waals surface area contributed by atoms with Crippen molar-refractivity contribution in [2.75, 3.05) is 6.54 Å². The van der Waals surface area contributed by atoms with Crippen LogP contribution in [0, 0.1) is 5.92 Å². The van der Waals surface area contributed by atoms with Crippen molar-refractivity contribution in [2.45, 2.75) is 70.6 Å². The van der Waals surface area contributed by atoms with E-state index < -0.39 is 0 Å². The molecule has 2 heteroatoms. The van der Waals surface area contributed by atoms with Crippen molar-refractivity contribution < 1.29 is 5.11 Å². The molecule has 3 unspecified atom stereocenters. The fraction of sp³-hybridized carbons (Fsp3) is 1.00. The minimum Gasteiger partial charge on any atom is -0.393 e. The number of piperidine rings is 1. The summed E-state index contributed by atoms with van der Waals surface area (Å²) in [6, 6.07) is 1.39. The number of nitrogens with zero attached hydrogens (tertiary/aromatic N) is 1. The summed E-state index contributed by atoms with van der Waals surface area (Å²) < 4.78 is 0. The second kappa shape index (κ2) is 4.84. The minimum atomic E-state index is -0.0137. The van der Waals surface area contributed by atoms with Crippen molar-refractivity contribution in [1.82, 2.24) is 4.90 Å². The highest BCUT2D eigenvalue weighted by atomic mass is 16.3. The molecule has 2 heterocycles. The molecule has 2 fully saturated rings. The first-order chi connectivity index (χ1) is 7.20. The molecule has 0 aromatic rings. The van der Waals surface area contributed by atoms with Crippen molar-refractivity contribution in [3.05, 3.63) is 0 Å². The molecule has 88 valence electrons. The van der Waals surface area contributed by atoms with Crippen LogP contribution in [0.4, 0.5) is 0 Å². The van der Waals surface area contributed by atoms with Crippen LogP contribution in [0.3, 0.4) is 0 Å². The highest BCUT2D eigenvalue weighted by Gasteiger charge is 2.40. The van der Waals surface area contributed by atoms with Crippen LogP contribution < -0.4 is 0 Å². The van der Waals surface area contributed by atoms with Crippen molar-refractivity contribution in [2.24, 2.45) is 5.92 Å². The van der Waals surface area contributed by atoms with E-state index >= 15 is 0 Å². The van der Waals surface area contributed by atoms with Crippen LogP contribution in [0.5, 0.6) is 0 Å². The molecule has 1 N–H and O–H groups in total. The third kappa shape index (κ3) is 2.54. The standard InChI is InChI=1S/C13H25NO/c1-3-4-10(2)9-14-11-5-6-12(14)8-13(15)7-11/h10-13,15H,3-9H2,1-2H3. The molecule has 0 spiro atoms. The topological polar surface area (TPSA) is 23.5 Å². The van der Waals surface area contributed by atoms with Crippen LogP contribution in [0.25, 0.3) is 0 Å². The highest BCUT2D eigenvalue weighted by Crippen LogP contribution is 2.36. The van der Waals surface area contributed by atoms with Gasteiger partial charge in [0.05, 0.1) is 6.10 Å². The number of aliphatic hydroxyl groups excluding tert-OH is 1. The molecule has 2 aliphatic rings. The van der Waals surface area contributed by atoms with E-state index in [1.165, 1.54) is 32.2 Å². The summed E-state index contributed by atoms with van der Waals surface area (Å²) in [7, 11) is 0. The minimum absolute atomic E-state index is 0.0137. The smallest absolute Gasteiger partial charge is 0.0570 e. The Morgan fingerprint density at radius 1 is 1.27 bits per heavy atom. The van der Waals surface area contributed by atoms with Crippen molar-refractivity contribution in [3.63, 3.8) is 0 Å². The van der Waals surface area contributed by atoms with E-state index in [4.69, 9.17) is 0 Å². The Labute approximate surface area is 93.7 Å². The molecule has 2 bridgehead atoms. The Balaban J connectivity index is 1.88. The van der Waals surface area contributed by atoms with Gasteiger partial charge in [-0.05, 0) is 38.0 Å². The zero-order valence-electron chi connectivity index (χ0n) is 10.2. The quantitative estimate of drug-likeness (QED) is 0.772. The lowest BCUT2D eigenvalue weighted by Crippen LogP contribution is -2.46. The first-order valence-corrected chi connectivity index (χ1v) is 6.64. The second-order valence-corrected chi connectivity index (χ2v) is 5.60. The summed E-state index contributed by atoms with van der Waals surface area (Å²) in [4.78, 5) is 2.69. The molecular formula is C13H25NO. The van der Waals surface area contributed by atoms with Crippen molar-refractivity contribution in [3.8, 4) is 0 Å². The Kier molecular flexibility index (Phi) is 3.68. The first-order valence-electron chi connectivity index (χ1n) is 6.64. The lowest BCUT2D eigenvalue weighted by atomic mass is 9.97. The third-order valence-corrected chi connectivity index (χ3v) is 4.16. The zero-order valence-corrected chi connectivity index (χ0v) is 10.2. The Morgan fingerprint density at radius 3 is 2.40 bits per heavy atom. The van der Waals surface area contributed by atoms with Crippen LogP contribution in [-0.2, 0) is 0 Å². The number of aliphatic hydroxyl groups is 1. The van der Waals surface area contributed by atoms with Crippen molar-refractivity contribution >= 4 is 0 Å². The summed E-state index contributed by atoms with van der Waals surface area (Å²) in [6.45, 7) is 5.90. The van der Waals surface area contributed by atoms with Crippen molar-refractivity contribution in [1.29, 1.82) is 0 Å². The average molecular weight is 211 g/mol. The monoisotopic (exact) mass is 211 g/mol. The van der Waals surface area contributed by atoms with E-state index in [0.717, 1.165) is 18.8 Å². The van der Waals surface area contributed by atoms with E-state index in [-0.39, 0.29) is 6.10 Å². The summed E-state index contributed by atoms with van der Waals surface area (Å²) in [5.74, 6) is 0.827. The molecule has 15 heavy (non-hydrogen) atoms. The molecule has 2 nitrogen and oxygen atoms in total. The van der Waals surface area contributed by atoms with E-state index in [1.54, 1.807) is 0 Å². The molecule has 0 aromatic heterocycles. The first kappa shape index (κ1) is 11.4. The second-order valence-electron chi connectivity index (χ2n) is 5.60. The van der Waals surface area contributed by atoms with Gasteiger partial charge < -0.3 is 5.11 Å². The molecule has 0 radical (unpaired) electrons. The summed E-state index contributed by atoms with van der Waals surface area (Å²) in [6.07, 6.45) is 7.32. The van der Waals surface area contributed by atoms with Gasteiger partial charge in [-0.3, -0.25) is 4.90 Å². The predicted octanol–water partition coefficient (Wildman–Crippen LogP) is 2.41. The van der Waals surface area contributed by atoms with E-state index in [1.807, 2.05) is 0 Å². The highest BCUT2D eigenvalue weighted by molar-refractivity contribution is 4.95. The van der Waals surface area contributed by atoms with Gasteiger partial charge in [0.25, 0.3) is 0 Å². The predicted molar refractivity (Wildman–Crippen MR) is 62.8 cm³/mol. The number of hydrogen-bond acceptors (Lipinski definition) is 2. The lowest BCUT2D eigenvalue weighted by molar-refractivity contribution is 0.0275. The largest absolute Gasteiger partial charge is 0.393 e. The van der Waals surface area contributed by atoms with Gasteiger partial charge in [-0.1, -0.05) is 20.3 Å². The maximum Gasteiger partial charge on any atom is 0.0570 e. The van der Waals surface area contributed by atoms with Crippen LogP contribution >= 0.6 is 0 Å². The Hall–Kier alpha value is -0.0800. The maximum atomic E-state index is 9.72. The molecule has 0 aromatic carbocycles. The SMILES string of the molecule is CCCC(C)CN1C2CCC1CC(O)C2. The zero-order chi connectivity index (χ0) is 10.8. The molecule has 2 saturated heterocycles. The van der Waals surface area contributed by atoms with E-state index in [2.05, 4.69) is 18.7 Å². The van der Waals surface area contributed by atoms with E-state index in [9.17, 15) is 5.11 Å². The third-order valence-electron chi connectivity index (χ3n) is 4.16. The fourth-order valence-corrected chi connectivity index (χ4v) is 3.49. The average Bonchev–Trinajstić information content (AvgIpc) is 2.44. The van der Waals surface area contributed by atoms with Gasteiger partial charge >= 0.3 is 0 Å². The Morgan fingerprint density at radius 2 is 1.87 bits per heavy atom. The summed E-state index contributed by atoms with van der Waals surface area (Å²) in [5, 5.41) is 9.72. The molecule has 0 amide bonds. The van der Waals surface area contributed by atoms with Crippen LogP contribution in [0.2, 0.25) is 0 Å². The van der Waals surface area contributed by atoms with E-state index in [0.29, 0.717) is 12.1 Å². The van der Waals surface area contributed by atoms with Gasteiger partial charge in [0.2, 0.25) is 0 Å². The van der Waals surface area contributed by atoms with Crippen LogP contribution in [0.1, 0.15) is 52.4 Å². The van der Waals surface area contributed by atoms with Gasteiger partial charge in [0, 0.05) is 18.6 Å². The molecule has 2 rings (SSSR count). The molecule has 2 aliphatic heterocycles. The molecule has 0 saturated carbocycles. The summed E-state index contributed by atoms with van der Waals surface area (Å²) >= 11 is 0. The fourth-order valence-electron chi connectivity index (χ4n) is 3.49. The summed E-state index contributed by atoms with van der Waals surface area (Å²) in [5.41, 5.74) is 0. The van der Waals surface area contributed by atoms with Gasteiger partial charge in [-0.2, -0.15) is 0 Å². The molecular weight excluding hydrogens is 186 g/mol. The van der Waals surface area contributed by atoms with Crippen LogP contribution in [0.15, 0.2) is 0 Å². The van der Waals surface area contributed by atoms with Gasteiger partial charge in [0.1, 0.15) is 0 Å². The number of rotatable bonds is 4. The number of hydrogen-bond donors (Lipinski definition) is 1. The normalized spacial score (nSPS) is 38.2.